The quantitative estimate of drug-likeness (QED) is 0.665. The van der Waals surface area contributed by atoms with Gasteiger partial charge < -0.3 is 9.30 Å². The van der Waals surface area contributed by atoms with E-state index >= 15 is 0 Å². The first-order valence-corrected chi connectivity index (χ1v) is 9.02. The molecule has 0 aliphatic carbocycles. The highest BCUT2D eigenvalue weighted by molar-refractivity contribution is 7.16. The molecule has 0 radical (unpaired) electrons. The Morgan fingerprint density at radius 1 is 1.42 bits per heavy atom. The maximum atomic E-state index is 12.6. The summed E-state index contributed by atoms with van der Waals surface area (Å²) in [4.78, 5) is 17.5. The van der Waals surface area contributed by atoms with Crippen molar-refractivity contribution in [3.8, 4) is 18.1 Å². The molecule has 1 aromatic carbocycles. The SMILES string of the molecule is C#CCn1c(=NC(=O)c2cc(C)n(C(C)C)n2)sc2cc(OC)ccc21. The number of fused-ring (bicyclic) bond motifs is 1. The molecule has 0 aliphatic rings. The summed E-state index contributed by atoms with van der Waals surface area (Å²) >= 11 is 1.40. The van der Waals surface area contributed by atoms with E-state index in [1.165, 1.54) is 11.3 Å². The zero-order chi connectivity index (χ0) is 18.8. The zero-order valence-corrected chi connectivity index (χ0v) is 16.0. The topological polar surface area (TPSA) is 61.4 Å². The van der Waals surface area contributed by atoms with Crippen LogP contribution in [0.15, 0.2) is 29.3 Å². The number of amides is 1. The third-order valence-corrected chi connectivity index (χ3v) is 5.01. The first-order chi connectivity index (χ1) is 12.4. The molecule has 2 heterocycles. The Hall–Kier alpha value is -2.85. The van der Waals surface area contributed by atoms with Crippen LogP contribution in [0, 0.1) is 19.3 Å². The van der Waals surface area contributed by atoms with Gasteiger partial charge in [-0.3, -0.25) is 9.48 Å². The summed E-state index contributed by atoms with van der Waals surface area (Å²) in [5.74, 6) is 2.99. The largest absolute Gasteiger partial charge is 0.497 e. The molecule has 2 aromatic heterocycles. The van der Waals surface area contributed by atoms with Crippen LogP contribution in [-0.4, -0.2) is 27.4 Å². The molecule has 0 unspecified atom stereocenters. The molecule has 0 saturated carbocycles. The molecule has 0 atom stereocenters. The molecule has 6 nitrogen and oxygen atoms in total. The number of ether oxygens (including phenoxy) is 1. The van der Waals surface area contributed by atoms with Crippen molar-refractivity contribution < 1.29 is 9.53 Å². The average Bonchev–Trinajstić information content (AvgIpc) is 3.16. The summed E-state index contributed by atoms with van der Waals surface area (Å²) in [5, 5.41) is 4.37. The summed E-state index contributed by atoms with van der Waals surface area (Å²) in [6.07, 6.45) is 5.50. The lowest BCUT2D eigenvalue weighted by atomic mass is 10.3. The van der Waals surface area contributed by atoms with Crippen LogP contribution in [0.2, 0.25) is 0 Å². The van der Waals surface area contributed by atoms with Gasteiger partial charge in [0.05, 0.1) is 23.9 Å². The molecule has 0 saturated heterocycles. The van der Waals surface area contributed by atoms with E-state index in [1.54, 1.807) is 13.2 Å². The number of carbonyl (C=O) groups excluding carboxylic acids is 1. The fraction of sp³-hybridized carbons (Fsp3) is 0.316. The van der Waals surface area contributed by atoms with Gasteiger partial charge in [0, 0.05) is 11.7 Å². The molecule has 3 rings (SSSR count). The van der Waals surface area contributed by atoms with E-state index in [-0.39, 0.29) is 11.9 Å². The summed E-state index contributed by atoms with van der Waals surface area (Å²) in [6.45, 7) is 6.29. The fourth-order valence-electron chi connectivity index (χ4n) is 2.77. The van der Waals surface area contributed by atoms with Gasteiger partial charge in [-0.2, -0.15) is 10.1 Å². The van der Waals surface area contributed by atoms with Crippen molar-refractivity contribution >= 4 is 27.5 Å². The molecule has 3 aromatic rings. The monoisotopic (exact) mass is 368 g/mol. The number of aromatic nitrogens is 3. The first-order valence-electron chi connectivity index (χ1n) is 8.20. The van der Waals surface area contributed by atoms with Crippen molar-refractivity contribution in [3.05, 3.63) is 40.5 Å². The predicted molar refractivity (Wildman–Crippen MR) is 102 cm³/mol. The van der Waals surface area contributed by atoms with E-state index in [9.17, 15) is 4.79 Å². The minimum Gasteiger partial charge on any atom is -0.497 e. The number of rotatable bonds is 4. The summed E-state index contributed by atoms with van der Waals surface area (Å²) in [5.41, 5.74) is 2.18. The van der Waals surface area contributed by atoms with Crippen molar-refractivity contribution in [2.75, 3.05) is 7.11 Å². The van der Waals surface area contributed by atoms with Crippen LogP contribution in [-0.2, 0) is 6.54 Å². The average molecular weight is 368 g/mol. The molecule has 0 N–H and O–H groups in total. The summed E-state index contributed by atoms with van der Waals surface area (Å²) < 4.78 is 9.88. The highest BCUT2D eigenvalue weighted by atomic mass is 32.1. The lowest BCUT2D eigenvalue weighted by Crippen LogP contribution is -2.16. The number of carbonyl (C=O) groups is 1. The van der Waals surface area contributed by atoms with E-state index in [0.29, 0.717) is 17.0 Å². The van der Waals surface area contributed by atoms with Crippen LogP contribution in [0.3, 0.4) is 0 Å². The molecule has 0 spiro atoms. The van der Waals surface area contributed by atoms with Gasteiger partial charge in [0.1, 0.15) is 5.75 Å². The van der Waals surface area contributed by atoms with Crippen LogP contribution in [0.4, 0.5) is 0 Å². The number of nitrogens with zero attached hydrogens (tertiary/aromatic N) is 4. The van der Waals surface area contributed by atoms with Crippen molar-refractivity contribution in [1.82, 2.24) is 14.3 Å². The third kappa shape index (κ3) is 3.28. The predicted octanol–water partition coefficient (Wildman–Crippen LogP) is 3.17. The highest BCUT2D eigenvalue weighted by Crippen LogP contribution is 2.23. The smallest absolute Gasteiger partial charge is 0.300 e. The molecular weight excluding hydrogens is 348 g/mol. The minimum atomic E-state index is -0.378. The van der Waals surface area contributed by atoms with Crippen LogP contribution >= 0.6 is 11.3 Å². The number of hydrogen-bond acceptors (Lipinski definition) is 4. The van der Waals surface area contributed by atoms with E-state index < -0.39 is 0 Å². The van der Waals surface area contributed by atoms with Crippen LogP contribution < -0.4 is 9.54 Å². The Morgan fingerprint density at radius 3 is 2.81 bits per heavy atom. The van der Waals surface area contributed by atoms with E-state index in [4.69, 9.17) is 11.2 Å². The molecule has 0 fully saturated rings. The van der Waals surface area contributed by atoms with E-state index in [1.807, 2.05) is 48.2 Å². The molecule has 0 aliphatic heterocycles. The van der Waals surface area contributed by atoms with Crippen molar-refractivity contribution in [2.24, 2.45) is 4.99 Å². The van der Waals surface area contributed by atoms with Gasteiger partial charge in [0.25, 0.3) is 5.91 Å². The molecular formula is C19H20N4O2S. The second-order valence-electron chi connectivity index (χ2n) is 6.13. The van der Waals surface area contributed by atoms with Gasteiger partial charge in [0.15, 0.2) is 10.5 Å². The lowest BCUT2D eigenvalue weighted by Gasteiger charge is -2.06. The Balaban J connectivity index is 2.11. The van der Waals surface area contributed by atoms with Crippen LogP contribution in [0.25, 0.3) is 10.2 Å². The van der Waals surface area contributed by atoms with E-state index in [2.05, 4.69) is 16.0 Å². The van der Waals surface area contributed by atoms with Crippen molar-refractivity contribution in [1.29, 1.82) is 0 Å². The minimum absolute atomic E-state index is 0.180. The van der Waals surface area contributed by atoms with Gasteiger partial charge in [-0.05, 0) is 45.0 Å². The summed E-state index contributed by atoms with van der Waals surface area (Å²) in [7, 11) is 1.62. The molecule has 26 heavy (non-hydrogen) atoms. The van der Waals surface area contributed by atoms with E-state index in [0.717, 1.165) is 21.7 Å². The highest BCUT2D eigenvalue weighted by Gasteiger charge is 2.14. The summed E-state index contributed by atoms with van der Waals surface area (Å²) in [6, 6.07) is 7.63. The molecule has 7 heteroatoms. The second kappa shape index (κ2) is 7.18. The number of terminal acetylenes is 1. The normalized spacial score (nSPS) is 11.9. The Bertz CT molecular complexity index is 1080. The van der Waals surface area contributed by atoms with Gasteiger partial charge in [-0.15, -0.1) is 6.42 Å². The van der Waals surface area contributed by atoms with Crippen LogP contribution in [0.5, 0.6) is 5.75 Å². The van der Waals surface area contributed by atoms with Crippen LogP contribution in [0.1, 0.15) is 36.1 Å². The Morgan fingerprint density at radius 2 is 2.19 bits per heavy atom. The molecule has 134 valence electrons. The van der Waals surface area contributed by atoms with Gasteiger partial charge in [-0.1, -0.05) is 17.3 Å². The second-order valence-corrected chi connectivity index (χ2v) is 7.14. The third-order valence-electron chi connectivity index (χ3n) is 3.97. The lowest BCUT2D eigenvalue weighted by molar-refractivity contribution is 0.0992. The number of benzene rings is 1. The maximum Gasteiger partial charge on any atom is 0.300 e. The number of hydrogen-bond donors (Lipinski definition) is 0. The zero-order valence-electron chi connectivity index (χ0n) is 15.2. The maximum absolute atomic E-state index is 12.6. The van der Waals surface area contributed by atoms with Gasteiger partial charge in [-0.25, -0.2) is 0 Å². The standard InChI is InChI=1S/C19H20N4O2S/c1-6-9-22-16-8-7-14(25-5)11-17(16)26-19(22)20-18(24)15-10-13(4)23(21-15)12(2)3/h1,7-8,10-12H,9H2,2-5H3. The number of aryl methyl sites for hydroxylation is 1. The molecule has 1 amide bonds. The Kier molecular flexibility index (Phi) is 4.96. The molecule has 0 bridgehead atoms. The van der Waals surface area contributed by atoms with Gasteiger partial charge >= 0.3 is 0 Å². The number of thiazole rings is 1. The fourth-order valence-corrected chi connectivity index (χ4v) is 3.83. The first kappa shape index (κ1) is 18.0. The van der Waals surface area contributed by atoms with Gasteiger partial charge in [0.2, 0.25) is 0 Å². The Labute approximate surface area is 155 Å². The van der Waals surface area contributed by atoms with Crippen molar-refractivity contribution in [2.45, 2.75) is 33.4 Å². The van der Waals surface area contributed by atoms with Crippen molar-refractivity contribution in [3.63, 3.8) is 0 Å². The number of methoxy groups -OCH3 is 1.